The summed E-state index contributed by atoms with van der Waals surface area (Å²) in [6, 6.07) is 33.4. The van der Waals surface area contributed by atoms with E-state index in [9.17, 15) is 9.59 Å². The quantitative estimate of drug-likeness (QED) is 0.139. The largest absolute Gasteiger partial charge is 0.324 e. The summed E-state index contributed by atoms with van der Waals surface area (Å²) < 4.78 is 0. The molecule has 2 aromatic heterocycles. The lowest BCUT2D eigenvalue weighted by Gasteiger charge is -2.24. The van der Waals surface area contributed by atoms with Crippen LogP contribution in [-0.4, -0.2) is 46.1 Å². The van der Waals surface area contributed by atoms with Crippen molar-refractivity contribution in [1.82, 2.24) is 14.9 Å². The highest BCUT2D eigenvalue weighted by molar-refractivity contribution is 6.40. The summed E-state index contributed by atoms with van der Waals surface area (Å²) in [5.41, 5.74) is 9.26. The van der Waals surface area contributed by atoms with Crippen molar-refractivity contribution in [2.45, 2.75) is 26.9 Å². The third-order valence-corrected chi connectivity index (χ3v) is 7.14. The first-order chi connectivity index (χ1) is 22.8. The van der Waals surface area contributed by atoms with Crippen LogP contribution in [0, 0.1) is 0 Å². The van der Waals surface area contributed by atoms with E-state index in [4.69, 9.17) is 28.9 Å². The van der Waals surface area contributed by atoms with Gasteiger partial charge in [0.2, 0.25) is 11.8 Å². The van der Waals surface area contributed by atoms with Crippen molar-refractivity contribution in [3.05, 3.63) is 145 Å². The normalized spacial score (nSPS) is 10.9. The Hall–Kier alpha value is -4.28. The fraction of sp³-hybridized carbons (Fsp3) is 0.179. The van der Waals surface area contributed by atoms with Gasteiger partial charge in [-0.15, -0.1) is 48.0 Å². The van der Waals surface area contributed by atoms with Crippen LogP contribution in [0.4, 0.5) is 11.4 Å². The molecule has 12 heteroatoms. The number of fused-ring (bicyclic) bond motifs is 2. The first-order valence-corrected chi connectivity index (χ1v) is 15.8. The molecule has 272 valence electrons. The second-order valence-corrected chi connectivity index (χ2v) is 11.4. The molecule has 0 unspecified atom stereocenters. The van der Waals surface area contributed by atoms with Gasteiger partial charge in [-0.1, -0.05) is 87.6 Å². The number of carbonyl (C=O) groups excluding carboxylic acids is 2. The van der Waals surface area contributed by atoms with E-state index >= 15 is 0 Å². The third kappa shape index (κ3) is 13.8. The van der Waals surface area contributed by atoms with Crippen molar-refractivity contribution in [3.63, 3.8) is 0 Å². The van der Waals surface area contributed by atoms with E-state index in [-0.39, 0.29) is 62.9 Å². The molecular formula is C39H46Cl4N6O2. The van der Waals surface area contributed by atoms with E-state index < -0.39 is 6.04 Å². The van der Waals surface area contributed by atoms with Gasteiger partial charge in [0.25, 0.3) is 0 Å². The van der Waals surface area contributed by atoms with Crippen LogP contribution in [0.3, 0.4) is 0 Å². The average molecular weight is 773 g/mol. The van der Waals surface area contributed by atoms with E-state index in [1.54, 1.807) is 18.6 Å². The summed E-state index contributed by atoms with van der Waals surface area (Å²) in [5, 5.41) is 10.2. The molecule has 2 atom stereocenters. The summed E-state index contributed by atoms with van der Waals surface area (Å²) in [6.45, 7) is 0. The number of benzene rings is 4. The highest BCUT2D eigenvalue weighted by Gasteiger charge is 2.22. The SMILES string of the molecule is C.C.CN(C)[C@@H](C(=O)Nc1ccc2cnccc2c1)c1ccccc1.Cl.Cl.ClCCl.N[C@@H](C(=O)Nc1ccc2cnccc2c1)c1ccccc1. The van der Waals surface area contributed by atoms with Crippen LogP contribution in [-0.2, 0) is 9.59 Å². The smallest absolute Gasteiger partial charge is 0.246 e. The number of likely N-dealkylation sites (N-methyl/N-ethyl adjacent to an activating group) is 1. The molecule has 0 bridgehead atoms. The number of halogens is 4. The zero-order chi connectivity index (χ0) is 33.6. The fourth-order valence-corrected chi connectivity index (χ4v) is 4.88. The van der Waals surface area contributed by atoms with Crippen molar-refractivity contribution in [2.24, 2.45) is 5.73 Å². The minimum atomic E-state index is -0.681. The summed E-state index contributed by atoms with van der Waals surface area (Å²) >= 11 is 9.53. The Balaban J connectivity index is 0.000000851. The zero-order valence-electron chi connectivity index (χ0n) is 26.9. The molecule has 4 aromatic carbocycles. The molecule has 6 rings (SSSR count). The Bertz CT molecular complexity index is 1900. The number of amides is 2. The number of alkyl halides is 2. The molecule has 2 amide bonds. The van der Waals surface area contributed by atoms with Gasteiger partial charge in [-0.05, 0) is 72.4 Å². The van der Waals surface area contributed by atoms with Gasteiger partial charge in [0.05, 0.1) is 5.34 Å². The van der Waals surface area contributed by atoms with E-state index in [0.717, 1.165) is 44.0 Å². The minimum Gasteiger partial charge on any atom is -0.324 e. The van der Waals surface area contributed by atoms with Gasteiger partial charge in [-0.2, -0.15) is 0 Å². The van der Waals surface area contributed by atoms with Crippen LogP contribution in [0.5, 0.6) is 0 Å². The van der Waals surface area contributed by atoms with Gasteiger partial charge in [-0.25, -0.2) is 0 Å². The summed E-state index contributed by atoms with van der Waals surface area (Å²) in [6.07, 6.45) is 7.08. The lowest BCUT2D eigenvalue weighted by atomic mass is 10.0. The molecule has 4 N–H and O–H groups in total. The molecule has 0 spiro atoms. The van der Waals surface area contributed by atoms with Crippen molar-refractivity contribution in [2.75, 3.05) is 30.1 Å². The Kier molecular flexibility index (Phi) is 22.0. The maximum atomic E-state index is 12.7. The van der Waals surface area contributed by atoms with Crippen LogP contribution in [0.25, 0.3) is 21.5 Å². The van der Waals surface area contributed by atoms with Gasteiger partial charge in [-0.3, -0.25) is 24.5 Å². The summed E-state index contributed by atoms with van der Waals surface area (Å²) in [4.78, 5) is 35.0. The van der Waals surface area contributed by atoms with E-state index in [1.807, 2.05) is 134 Å². The Morgan fingerprint density at radius 1 is 0.647 bits per heavy atom. The van der Waals surface area contributed by atoms with Crippen molar-refractivity contribution in [1.29, 1.82) is 0 Å². The second kappa shape index (κ2) is 24.0. The second-order valence-electron chi connectivity index (χ2n) is 10.6. The standard InChI is InChI=1S/C19H19N3O.C17H15N3O.CH2Cl2.2CH4.2ClH/c1-22(2)18(14-6-4-3-5-7-14)19(23)21-17-9-8-16-13-20-11-10-15(16)12-17;18-16(12-4-2-1-3-5-12)17(21)20-15-7-6-14-11-19-9-8-13(14)10-15;2-1-3;;;;/h3-13,18H,1-2H3,(H,21,23);1-11,16H,18H2,(H,20,21);1H2;2*1H4;2*1H/t18-;16-;;;;;/m11...../s1. The summed E-state index contributed by atoms with van der Waals surface area (Å²) in [7, 11) is 3.81. The number of aromatic nitrogens is 2. The van der Waals surface area contributed by atoms with E-state index in [0.29, 0.717) is 0 Å². The minimum absolute atomic E-state index is 0. The Labute approximate surface area is 323 Å². The number of nitrogens with two attached hydrogens (primary N) is 1. The predicted molar refractivity (Wildman–Crippen MR) is 222 cm³/mol. The van der Waals surface area contributed by atoms with E-state index in [1.165, 1.54) is 0 Å². The number of nitrogens with zero attached hydrogens (tertiary/aromatic N) is 3. The molecule has 0 aliphatic rings. The van der Waals surface area contributed by atoms with Gasteiger partial charge in [0, 0.05) is 46.9 Å². The number of hydrogen-bond donors (Lipinski definition) is 3. The van der Waals surface area contributed by atoms with Crippen LogP contribution in [0.15, 0.2) is 134 Å². The van der Waals surface area contributed by atoms with Gasteiger partial charge < -0.3 is 16.4 Å². The molecular weight excluding hydrogens is 726 g/mol. The van der Waals surface area contributed by atoms with Crippen molar-refractivity contribution in [3.8, 4) is 0 Å². The Morgan fingerprint density at radius 2 is 1.06 bits per heavy atom. The highest BCUT2D eigenvalue weighted by atomic mass is 35.5. The molecule has 2 heterocycles. The predicted octanol–water partition coefficient (Wildman–Crippen LogP) is 9.89. The van der Waals surface area contributed by atoms with Gasteiger partial charge in [0.15, 0.2) is 0 Å². The lowest BCUT2D eigenvalue weighted by molar-refractivity contribution is -0.120. The first kappa shape index (κ1) is 46.7. The molecule has 51 heavy (non-hydrogen) atoms. The molecule has 0 aliphatic heterocycles. The Morgan fingerprint density at radius 3 is 1.49 bits per heavy atom. The van der Waals surface area contributed by atoms with Crippen LogP contribution >= 0.6 is 48.0 Å². The maximum absolute atomic E-state index is 12.7. The number of nitrogens with one attached hydrogen (secondary N) is 2. The van der Waals surface area contributed by atoms with Crippen molar-refractivity contribution >= 4 is 92.7 Å². The van der Waals surface area contributed by atoms with Gasteiger partial charge in [0.1, 0.15) is 12.1 Å². The molecule has 6 aromatic rings. The molecule has 8 nitrogen and oxygen atoms in total. The maximum Gasteiger partial charge on any atom is 0.246 e. The number of rotatable bonds is 7. The van der Waals surface area contributed by atoms with Crippen LogP contribution in [0.1, 0.15) is 38.1 Å². The molecule has 0 radical (unpaired) electrons. The zero-order valence-corrected chi connectivity index (χ0v) is 30.0. The van der Waals surface area contributed by atoms with Crippen LogP contribution in [0.2, 0.25) is 0 Å². The number of carbonyl (C=O) groups is 2. The lowest BCUT2D eigenvalue weighted by Crippen LogP contribution is -2.32. The average Bonchev–Trinajstić information content (AvgIpc) is 3.09. The third-order valence-electron chi connectivity index (χ3n) is 7.14. The van der Waals surface area contributed by atoms with Crippen molar-refractivity contribution < 1.29 is 9.59 Å². The number of hydrogen-bond acceptors (Lipinski definition) is 6. The molecule has 0 saturated heterocycles. The van der Waals surface area contributed by atoms with Gasteiger partial charge >= 0.3 is 0 Å². The molecule has 0 fully saturated rings. The number of pyridine rings is 2. The molecule has 0 aliphatic carbocycles. The molecule has 0 saturated carbocycles. The topological polar surface area (TPSA) is 113 Å². The van der Waals surface area contributed by atoms with E-state index in [2.05, 4.69) is 20.6 Å². The number of anilines is 2. The fourth-order valence-electron chi connectivity index (χ4n) is 4.88. The summed E-state index contributed by atoms with van der Waals surface area (Å²) in [5.74, 6) is -0.274. The highest BCUT2D eigenvalue weighted by Crippen LogP contribution is 2.23. The monoisotopic (exact) mass is 770 g/mol. The van der Waals surface area contributed by atoms with Crippen LogP contribution < -0.4 is 16.4 Å². The first-order valence-electron chi connectivity index (χ1n) is 14.7.